The Morgan fingerprint density at radius 1 is 1.38 bits per heavy atom. The van der Waals surface area contributed by atoms with Gasteiger partial charge in [-0.1, -0.05) is 23.4 Å². The number of thioether (sulfide) groups is 1. The molecule has 7 nitrogen and oxygen atoms in total. The number of ether oxygens (including phenoxy) is 1. The van der Waals surface area contributed by atoms with Gasteiger partial charge < -0.3 is 26.0 Å². The molecule has 1 saturated carbocycles. The molecule has 0 aromatic carbocycles. The van der Waals surface area contributed by atoms with Crippen LogP contribution in [0.5, 0.6) is 0 Å². The molecule has 0 bridgehead atoms. The van der Waals surface area contributed by atoms with E-state index in [4.69, 9.17) is 22.1 Å². The lowest BCUT2D eigenvalue weighted by molar-refractivity contribution is -0.00195. The number of anilines is 2. The highest BCUT2D eigenvalue weighted by atomic mass is 35.5. The Morgan fingerprint density at radius 2 is 2.19 bits per heavy atom. The van der Waals surface area contributed by atoms with Crippen LogP contribution in [-0.4, -0.2) is 57.9 Å². The lowest BCUT2D eigenvalue weighted by Gasteiger charge is -2.19. The van der Waals surface area contributed by atoms with Gasteiger partial charge in [0, 0.05) is 24.4 Å². The van der Waals surface area contributed by atoms with E-state index in [-0.39, 0.29) is 17.0 Å². The van der Waals surface area contributed by atoms with Gasteiger partial charge in [-0.2, -0.15) is 9.97 Å². The van der Waals surface area contributed by atoms with E-state index >= 15 is 0 Å². The Morgan fingerprint density at radius 3 is 2.88 bits per heavy atom. The summed E-state index contributed by atoms with van der Waals surface area (Å²) in [4.78, 5) is 8.16. The maximum Gasteiger partial charge on any atom is 0.223 e. The third-order valence-corrected chi connectivity index (χ3v) is 5.61. The molecule has 2 heterocycles. The first-order chi connectivity index (χ1) is 12.5. The second kappa shape index (κ2) is 8.46. The number of nitrogens with one attached hydrogen (secondary N) is 1. The van der Waals surface area contributed by atoms with E-state index in [0.29, 0.717) is 24.4 Å². The van der Waals surface area contributed by atoms with Crippen LogP contribution < -0.4 is 11.1 Å². The lowest BCUT2D eigenvalue weighted by atomic mass is 10.1. The summed E-state index contributed by atoms with van der Waals surface area (Å²) in [5, 5.41) is 25.8. The van der Waals surface area contributed by atoms with Crippen molar-refractivity contribution in [3.63, 3.8) is 0 Å². The maximum absolute atomic E-state index is 10.3. The predicted octanol–water partition coefficient (Wildman–Crippen LogP) is 1.25. The highest BCUT2D eigenvalue weighted by molar-refractivity contribution is 8.02. The first-order valence-corrected chi connectivity index (χ1v) is 9.69. The average Bonchev–Trinajstić information content (AvgIpc) is 3.19. The largest absolute Gasteiger partial charge is 0.390 e. The molecule has 1 aromatic rings. The van der Waals surface area contributed by atoms with Crippen LogP contribution in [-0.2, 0) is 4.74 Å². The zero-order valence-electron chi connectivity index (χ0n) is 14.3. The van der Waals surface area contributed by atoms with Crippen molar-refractivity contribution in [1.29, 1.82) is 0 Å². The van der Waals surface area contributed by atoms with Crippen LogP contribution in [0.15, 0.2) is 11.0 Å². The van der Waals surface area contributed by atoms with E-state index in [2.05, 4.69) is 27.1 Å². The van der Waals surface area contributed by atoms with Gasteiger partial charge in [0.15, 0.2) is 5.15 Å². The number of nitrogens with two attached hydrogens (primary N) is 1. The van der Waals surface area contributed by atoms with Gasteiger partial charge >= 0.3 is 0 Å². The van der Waals surface area contributed by atoms with Crippen LogP contribution in [0.3, 0.4) is 0 Å². The standard InChI is InChI=1S/C17H21ClN4O3S/c1-25-7-10-6-12(14(24)13(10)23)20-16-11(15(18)21-17(19)22-16)3-2-9-4-5-26-8-9/h8,10,12-14,23-24H,4-7H2,1H3,(H3,19,20,21,22)/t10-,12-,13-,14+/m1/s1. The van der Waals surface area contributed by atoms with Gasteiger partial charge in [-0.05, 0) is 18.2 Å². The summed E-state index contributed by atoms with van der Waals surface area (Å²) < 4.78 is 5.10. The number of aliphatic hydroxyl groups excluding tert-OH is 2. The fourth-order valence-corrected chi connectivity index (χ4v) is 4.17. The molecule has 9 heteroatoms. The van der Waals surface area contributed by atoms with Crippen molar-refractivity contribution in [3.05, 3.63) is 21.7 Å². The molecular weight excluding hydrogens is 376 g/mol. The van der Waals surface area contributed by atoms with Crippen molar-refractivity contribution in [2.75, 3.05) is 30.5 Å². The highest BCUT2D eigenvalue weighted by Gasteiger charge is 2.41. The minimum absolute atomic E-state index is 0.0140. The summed E-state index contributed by atoms with van der Waals surface area (Å²) in [7, 11) is 1.56. The second-order valence-electron chi connectivity index (χ2n) is 6.29. The summed E-state index contributed by atoms with van der Waals surface area (Å²) in [6.45, 7) is 0.363. The van der Waals surface area contributed by atoms with E-state index < -0.39 is 18.2 Å². The highest BCUT2D eigenvalue weighted by Crippen LogP contribution is 2.31. The summed E-state index contributed by atoms with van der Waals surface area (Å²) in [6.07, 6.45) is -0.399. The van der Waals surface area contributed by atoms with E-state index in [1.807, 2.05) is 5.41 Å². The van der Waals surface area contributed by atoms with Gasteiger partial charge in [-0.25, -0.2) is 0 Å². The van der Waals surface area contributed by atoms with Gasteiger partial charge in [-0.15, -0.1) is 11.8 Å². The molecule has 0 spiro atoms. The van der Waals surface area contributed by atoms with E-state index in [1.54, 1.807) is 18.9 Å². The third-order valence-electron chi connectivity index (χ3n) is 4.45. The molecule has 0 unspecified atom stereocenters. The number of halogens is 1. The summed E-state index contributed by atoms with van der Waals surface area (Å²) >= 11 is 7.94. The maximum atomic E-state index is 10.3. The molecule has 1 aliphatic carbocycles. The van der Waals surface area contributed by atoms with Crippen molar-refractivity contribution in [1.82, 2.24) is 9.97 Å². The zero-order valence-corrected chi connectivity index (χ0v) is 15.8. The number of allylic oxidation sites excluding steroid dienone is 1. The third kappa shape index (κ3) is 4.24. The van der Waals surface area contributed by atoms with Crippen LogP contribution in [0.25, 0.3) is 0 Å². The second-order valence-corrected chi connectivity index (χ2v) is 7.63. The molecule has 1 aromatic heterocycles. The minimum Gasteiger partial charge on any atom is -0.390 e. The van der Waals surface area contributed by atoms with Crippen molar-refractivity contribution >= 4 is 35.1 Å². The van der Waals surface area contributed by atoms with Gasteiger partial charge in [0.05, 0.1) is 18.8 Å². The minimum atomic E-state index is -0.958. The van der Waals surface area contributed by atoms with Crippen molar-refractivity contribution in [2.45, 2.75) is 31.1 Å². The Hall–Kier alpha value is -1.50. The van der Waals surface area contributed by atoms with Gasteiger partial charge in [-0.3, -0.25) is 0 Å². The molecule has 26 heavy (non-hydrogen) atoms. The molecule has 0 amide bonds. The molecule has 1 aliphatic heterocycles. The number of aromatic nitrogens is 2. The summed E-state index contributed by atoms with van der Waals surface area (Å²) in [5.41, 5.74) is 7.18. The van der Waals surface area contributed by atoms with Crippen molar-refractivity contribution in [3.8, 4) is 11.8 Å². The Balaban J connectivity index is 1.85. The summed E-state index contributed by atoms with van der Waals surface area (Å²) in [5.74, 6) is 7.32. The molecule has 1 fully saturated rings. The number of rotatable bonds is 4. The fraction of sp³-hybridized carbons (Fsp3) is 0.529. The Kier molecular flexibility index (Phi) is 6.27. The molecule has 4 atom stereocenters. The number of hydrogen-bond donors (Lipinski definition) is 4. The summed E-state index contributed by atoms with van der Waals surface area (Å²) in [6, 6.07) is -0.419. The number of methoxy groups -OCH3 is 1. The van der Waals surface area contributed by atoms with Crippen molar-refractivity contribution in [2.24, 2.45) is 5.92 Å². The fourth-order valence-electron chi connectivity index (χ4n) is 3.11. The van der Waals surface area contributed by atoms with Gasteiger partial charge in [0.2, 0.25) is 5.95 Å². The molecular formula is C17H21ClN4O3S. The number of hydrogen-bond acceptors (Lipinski definition) is 8. The lowest BCUT2D eigenvalue weighted by Crippen LogP contribution is -2.36. The molecule has 5 N–H and O–H groups in total. The van der Waals surface area contributed by atoms with Crippen LogP contribution in [0, 0.1) is 17.8 Å². The molecule has 140 valence electrons. The monoisotopic (exact) mass is 396 g/mol. The first kappa shape index (κ1) is 19.3. The van der Waals surface area contributed by atoms with Crippen molar-refractivity contribution < 1.29 is 14.9 Å². The smallest absolute Gasteiger partial charge is 0.223 e. The topological polar surface area (TPSA) is 114 Å². The normalized spacial score (nSPS) is 27.8. The van der Waals surface area contributed by atoms with E-state index in [1.165, 1.54) is 0 Å². The van der Waals surface area contributed by atoms with Crippen LogP contribution >= 0.6 is 23.4 Å². The van der Waals surface area contributed by atoms with Gasteiger partial charge in [0.1, 0.15) is 17.5 Å². The van der Waals surface area contributed by atoms with Crippen LogP contribution in [0.4, 0.5) is 11.8 Å². The first-order valence-electron chi connectivity index (χ1n) is 8.27. The van der Waals surface area contributed by atoms with E-state index in [0.717, 1.165) is 17.7 Å². The molecule has 2 aliphatic rings. The van der Waals surface area contributed by atoms with E-state index in [9.17, 15) is 10.2 Å². The number of nitrogens with zero attached hydrogens (tertiary/aromatic N) is 2. The van der Waals surface area contributed by atoms with Crippen LogP contribution in [0.1, 0.15) is 18.4 Å². The SMILES string of the molecule is COC[C@H]1C[C@@H](Nc2nc(N)nc(Cl)c2C#CC2=CSCC2)[C@H](O)[C@@H]1O. The predicted molar refractivity (Wildman–Crippen MR) is 103 cm³/mol. The van der Waals surface area contributed by atoms with Crippen LogP contribution in [0.2, 0.25) is 5.15 Å². The molecule has 0 saturated heterocycles. The molecule has 0 radical (unpaired) electrons. The number of aliphatic hydroxyl groups is 2. The Bertz CT molecular complexity index is 764. The average molecular weight is 397 g/mol. The van der Waals surface area contributed by atoms with Gasteiger partial charge in [0.25, 0.3) is 0 Å². The quantitative estimate of drug-likeness (QED) is 0.444. The number of nitrogen functional groups attached to an aromatic ring is 1. The zero-order chi connectivity index (χ0) is 18.7. The molecule has 3 rings (SSSR count). The Labute approximate surface area is 161 Å².